The van der Waals surface area contributed by atoms with Gasteiger partial charge in [0.2, 0.25) is 0 Å². The van der Waals surface area contributed by atoms with Crippen LogP contribution in [0.2, 0.25) is 5.02 Å². The molecule has 0 atom stereocenters. The van der Waals surface area contributed by atoms with Crippen LogP contribution < -0.4 is 15.4 Å². The van der Waals surface area contributed by atoms with E-state index in [2.05, 4.69) is 4.90 Å². The van der Waals surface area contributed by atoms with Gasteiger partial charge in [-0.15, -0.1) is 0 Å². The monoisotopic (exact) mass is 301 g/mol. The maximum atomic E-state index is 7.79. The normalized spacial score (nSPS) is 14.0. The minimum atomic E-state index is 0.00939. The Kier molecular flexibility index (Phi) is 3.71. The molecule has 4 nitrogen and oxygen atoms in total. The molecule has 0 saturated carbocycles. The lowest BCUT2D eigenvalue weighted by Crippen LogP contribution is -2.22. The number of rotatable bonds is 2. The van der Waals surface area contributed by atoms with Crippen molar-refractivity contribution >= 4 is 28.8 Å². The molecule has 0 amide bonds. The van der Waals surface area contributed by atoms with Gasteiger partial charge in [-0.2, -0.15) is 0 Å². The molecule has 0 aliphatic carbocycles. The van der Waals surface area contributed by atoms with Crippen molar-refractivity contribution in [2.24, 2.45) is 5.73 Å². The first-order valence-corrected chi connectivity index (χ1v) is 7.18. The van der Waals surface area contributed by atoms with E-state index in [0.717, 1.165) is 30.1 Å². The number of nitrogens with one attached hydrogen (secondary N) is 1. The van der Waals surface area contributed by atoms with Crippen molar-refractivity contribution in [2.75, 3.05) is 18.1 Å². The van der Waals surface area contributed by atoms with Crippen molar-refractivity contribution in [1.82, 2.24) is 0 Å². The highest BCUT2D eigenvalue weighted by atomic mass is 35.5. The van der Waals surface area contributed by atoms with Gasteiger partial charge in [0.15, 0.2) is 0 Å². The van der Waals surface area contributed by atoms with E-state index >= 15 is 0 Å². The largest absolute Gasteiger partial charge is 0.491 e. The van der Waals surface area contributed by atoms with Gasteiger partial charge >= 0.3 is 0 Å². The first-order valence-electron chi connectivity index (χ1n) is 6.80. The third-order valence-corrected chi connectivity index (χ3v) is 3.71. The van der Waals surface area contributed by atoms with Gasteiger partial charge in [0, 0.05) is 17.1 Å². The summed E-state index contributed by atoms with van der Waals surface area (Å²) in [7, 11) is 0. The van der Waals surface area contributed by atoms with Crippen LogP contribution in [0.5, 0.6) is 5.75 Å². The summed E-state index contributed by atoms with van der Waals surface area (Å²) < 4.78 is 5.77. The number of nitrogen functional groups attached to an aromatic ring is 1. The standard InChI is InChI=1S/C16H16ClN3O/c17-11-6-7-13(12(10-11)16(18)19)20-8-3-9-21-15-5-2-1-4-14(15)20/h1-2,4-7,10H,3,8-9H2,(H3,18,19). The molecule has 0 fully saturated rings. The number of nitrogens with zero attached hydrogens (tertiary/aromatic N) is 1. The number of nitrogens with two attached hydrogens (primary N) is 1. The second kappa shape index (κ2) is 5.66. The number of fused-ring (bicyclic) bond motifs is 1. The predicted octanol–water partition coefficient (Wildman–Crippen LogP) is 3.54. The number of hydrogen-bond donors (Lipinski definition) is 2. The Labute approximate surface area is 128 Å². The van der Waals surface area contributed by atoms with Gasteiger partial charge in [0.05, 0.1) is 18.0 Å². The molecule has 3 rings (SSSR count). The molecule has 1 aliphatic heterocycles. The van der Waals surface area contributed by atoms with Gasteiger partial charge in [-0.25, -0.2) is 0 Å². The topological polar surface area (TPSA) is 62.3 Å². The van der Waals surface area contributed by atoms with E-state index in [0.29, 0.717) is 17.2 Å². The first-order chi connectivity index (χ1) is 10.2. The van der Waals surface area contributed by atoms with Gasteiger partial charge in [-0.3, -0.25) is 5.41 Å². The number of hydrogen-bond acceptors (Lipinski definition) is 3. The summed E-state index contributed by atoms with van der Waals surface area (Å²) >= 11 is 6.04. The molecular weight excluding hydrogens is 286 g/mol. The lowest BCUT2D eigenvalue weighted by Gasteiger charge is -2.26. The third-order valence-electron chi connectivity index (χ3n) is 3.48. The summed E-state index contributed by atoms with van der Waals surface area (Å²) in [5.74, 6) is 0.856. The minimum Gasteiger partial charge on any atom is -0.491 e. The van der Waals surface area contributed by atoms with Gasteiger partial charge in [-0.1, -0.05) is 23.7 Å². The zero-order valence-corrected chi connectivity index (χ0v) is 12.2. The highest BCUT2D eigenvalue weighted by Gasteiger charge is 2.20. The van der Waals surface area contributed by atoms with E-state index in [1.807, 2.05) is 36.4 Å². The Morgan fingerprint density at radius 2 is 2.00 bits per heavy atom. The molecule has 3 N–H and O–H groups in total. The highest BCUT2D eigenvalue weighted by molar-refractivity contribution is 6.31. The van der Waals surface area contributed by atoms with Crippen LogP contribution in [0.3, 0.4) is 0 Å². The van der Waals surface area contributed by atoms with Crippen LogP contribution in [0.25, 0.3) is 0 Å². The Morgan fingerprint density at radius 1 is 1.19 bits per heavy atom. The Balaban J connectivity index is 2.14. The van der Waals surface area contributed by atoms with E-state index in [-0.39, 0.29) is 5.84 Å². The third kappa shape index (κ3) is 2.67. The van der Waals surface area contributed by atoms with E-state index in [1.165, 1.54) is 0 Å². The van der Waals surface area contributed by atoms with Gasteiger partial charge < -0.3 is 15.4 Å². The molecular formula is C16H16ClN3O. The maximum absolute atomic E-state index is 7.79. The maximum Gasteiger partial charge on any atom is 0.142 e. The molecule has 0 aromatic heterocycles. The average molecular weight is 302 g/mol. The van der Waals surface area contributed by atoms with Crippen molar-refractivity contribution < 1.29 is 4.74 Å². The van der Waals surface area contributed by atoms with Crippen LogP contribution >= 0.6 is 11.6 Å². The fourth-order valence-electron chi connectivity index (χ4n) is 2.54. The van der Waals surface area contributed by atoms with Crippen molar-refractivity contribution in [1.29, 1.82) is 5.41 Å². The van der Waals surface area contributed by atoms with Crippen molar-refractivity contribution in [2.45, 2.75) is 6.42 Å². The van der Waals surface area contributed by atoms with Crippen molar-refractivity contribution in [3.63, 3.8) is 0 Å². The minimum absolute atomic E-state index is 0.00939. The van der Waals surface area contributed by atoms with Gasteiger partial charge in [0.25, 0.3) is 0 Å². The summed E-state index contributed by atoms with van der Waals surface area (Å²) in [6.45, 7) is 1.48. The summed E-state index contributed by atoms with van der Waals surface area (Å²) in [6, 6.07) is 13.3. The molecule has 5 heteroatoms. The summed E-state index contributed by atoms with van der Waals surface area (Å²) in [5, 5.41) is 8.36. The number of halogens is 1. The summed E-state index contributed by atoms with van der Waals surface area (Å²) in [6.07, 6.45) is 0.897. The number of anilines is 2. The fraction of sp³-hybridized carbons (Fsp3) is 0.188. The molecule has 1 aliphatic rings. The molecule has 1 heterocycles. The van der Waals surface area contributed by atoms with Crippen LogP contribution in [-0.2, 0) is 0 Å². The van der Waals surface area contributed by atoms with Crippen LogP contribution in [0.4, 0.5) is 11.4 Å². The first kappa shape index (κ1) is 13.8. The Hall–Kier alpha value is -2.20. The SMILES string of the molecule is N=C(N)c1cc(Cl)ccc1N1CCCOc2ccccc21. The zero-order chi connectivity index (χ0) is 14.8. The molecule has 0 radical (unpaired) electrons. The van der Waals surface area contributed by atoms with Crippen LogP contribution in [0, 0.1) is 5.41 Å². The molecule has 2 aromatic carbocycles. The lowest BCUT2D eigenvalue weighted by molar-refractivity contribution is 0.322. The zero-order valence-electron chi connectivity index (χ0n) is 11.5. The highest BCUT2D eigenvalue weighted by Crippen LogP contribution is 2.37. The lowest BCUT2D eigenvalue weighted by atomic mass is 10.1. The molecule has 2 aromatic rings. The Bertz CT molecular complexity index is 687. The molecule has 0 saturated heterocycles. The molecule has 0 bridgehead atoms. The smallest absolute Gasteiger partial charge is 0.142 e. The summed E-state index contributed by atoms with van der Waals surface area (Å²) in [4.78, 5) is 2.13. The second-order valence-corrected chi connectivity index (χ2v) is 5.33. The van der Waals surface area contributed by atoms with Crippen molar-refractivity contribution in [3.05, 3.63) is 53.1 Å². The van der Waals surface area contributed by atoms with E-state index in [4.69, 9.17) is 27.5 Å². The number of benzene rings is 2. The quantitative estimate of drug-likeness (QED) is 0.659. The fourth-order valence-corrected chi connectivity index (χ4v) is 2.71. The molecule has 0 spiro atoms. The van der Waals surface area contributed by atoms with E-state index in [1.54, 1.807) is 6.07 Å². The van der Waals surface area contributed by atoms with Crippen LogP contribution in [-0.4, -0.2) is 19.0 Å². The van der Waals surface area contributed by atoms with Gasteiger partial charge in [-0.05, 0) is 36.8 Å². The van der Waals surface area contributed by atoms with Crippen LogP contribution in [0.1, 0.15) is 12.0 Å². The number of amidine groups is 1. The average Bonchev–Trinajstić information content (AvgIpc) is 2.69. The molecule has 0 unspecified atom stereocenters. The van der Waals surface area contributed by atoms with Crippen LogP contribution in [0.15, 0.2) is 42.5 Å². The van der Waals surface area contributed by atoms with E-state index in [9.17, 15) is 0 Å². The number of ether oxygens (including phenoxy) is 1. The molecule has 21 heavy (non-hydrogen) atoms. The van der Waals surface area contributed by atoms with Crippen molar-refractivity contribution in [3.8, 4) is 5.75 Å². The number of para-hydroxylation sites is 2. The predicted molar refractivity (Wildman–Crippen MR) is 86.0 cm³/mol. The Morgan fingerprint density at radius 3 is 2.81 bits per heavy atom. The second-order valence-electron chi connectivity index (χ2n) is 4.90. The van der Waals surface area contributed by atoms with E-state index < -0.39 is 0 Å². The van der Waals surface area contributed by atoms with Gasteiger partial charge in [0.1, 0.15) is 11.6 Å². The summed E-state index contributed by atoms with van der Waals surface area (Å²) in [5.41, 5.74) is 8.22. The molecule has 108 valence electrons.